The molecule has 1 N–H and O–H groups in total. The molecule has 96 valence electrons. The topological polar surface area (TPSA) is 75.7 Å². The van der Waals surface area contributed by atoms with E-state index in [1.54, 1.807) is 11.8 Å². The third-order valence-corrected chi connectivity index (χ3v) is 2.48. The van der Waals surface area contributed by atoms with E-state index in [4.69, 9.17) is 4.74 Å². The van der Waals surface area contributed by atoms with Gasteiger partial charge < -0.3 is 15.0 Å². The van der Waals surface area contributed by atoms with Crippen LogP contribution in [0.15, 0.2) is 0 Å². The highest BCUT2D eigenvalue weighted by Crippen LogP contribution is 2.00. The third-order valence-electron chi connectivity index (χ3n) is 2.48. The van der Waals surface area contributed by atoms with Crippen molar-refractivity contribution in [2.75, 3.05) is 26.3 Å². The van der Waals surface area contributed by atoms with Crippen molar-refractivity contribution in [3.63, 3.8) is 0 Å². The predicted molar refractivity (Wildman–Crippen MR) is 60.3 cm³/mol. The van der Waals surface area contributed by atoms with Crippen molar-refractivity contribution in [3.05, 3.63) is 0 Å². The highest BCUT2D eigenvalue weighted by Gasteiger charge is 2.23. The van der Waals surface area contributed by atoms with Crippen LogP contribution in [0.25, 0.3) is 0 Å². The molecule has 0 radical (unpaired) electrons. The van der Waals surface area contributed by atoms with Crippen LogP contribution in [0.5, 0.6) is 0 Å². The van der Waals surface area contributed by atoms with Gasteiger partial charge in [0.25, 0.3) is 0 Å². The zero-order valence-corrected chi connectivity index (χ0v) is 10.2. The van der Waals surface area contributed by atoms with Crippen molar-refractivity contribution in [1.29, 1.82) is 0 Å². The predicted octanol–water partition coefficient (Wildman–Crippen LogP) is -0.671. The van der Waals surface area contributed by atoms with Gasteiger partial charge in [-0.15, -0.1) is 0 Å². The molecule has 0 saturated carbocycles. The van der Waals surface area contributed by atoms with Crippen LogP contribution in [0, 0.1) is 0 Å². The Morgan fingerprint density at radius 1 is 1.29 bits per heavy atom. The molecular weight excluding hydrogens is 224 g/mol. The molecule has 17 heavy (non-hydrogen) atoms. The van der Waals surface area contributed by atoms with Crippen LogP contribution >= 0.6 is 0 Å². The summed E-state index contributed by atoms with van der Waals surface area (Å²) in [5.74, 6) is -0.759. The number of ketones is 1. The second-order valence-corrected chi connectivity index (χ2v) is 4.11. The van der Waals surface area contributed by atoms with E-state index in [1.165, 1.54) is 6.92 Å². The molecular formula is C11H18N2O4. The number of rotatable bonds is 4. The molecule has 2 amide bonds. The normalized spacial score (nSPS) is 17.4. The summed E-state index contributed by atoms with van der Waals surface area (Å²) >= 11 is 0. The lowest BCUT2D eigenvalue weighted by molar-refractivity contribution is -0.140. The summed E-state index contributed by atoms with van der Waals surface area (Å²) in [5.41, 5.74) is 0. The van der Waals surface area contributed by atoms with Crippen molar-refractivity contribution in [2.45, 2.75) is 26.3 Å². The molecule has 1 aliphatic rings. The number of carbonyl (C=O) groups is 3. The van der Waals surface area contributed by atoms with Gasteiger partial charge in [0.1, 0.15) is 11.8 Å². The fourth-order valence-electron chi connectivity index (χ4n) is 1.64. The monoisotopic (exact) mass is 242 g/mol. The smallest absolute Gasteiger partial charge is 0.245 e. The van der Waals surface area contributed by atoms with Gasteiger partial charge in [0.15, 0.2) is 0 Å². The van der Waals surface area contributed by atoms with E-state index < -0.39 is 11.9 Å². The third kappa shape index (κ3) is 4.52. The lowest BCUT2D eigenvalue weighted by atomic mass is 10.2. The Kier molecular flexibility index (Phi) is 5.09. The molecule has 1 rings (SSSR count). The zero-order valence-electron chi connectivity index (χ0n) is 10.2. The summed E-state index contributed by atoms with van der Waals surface area (Å²) in [5, 5.41) is 2.52. The first kappa shape index (κ1) is 13.6. The van der Waals surface area contributed by atoms with Crippen LogP contribution in [-0.4, -0.2) is 54.8 Å². The van der Waals surface area contributed by atoms with Gasteiger partial charge in [-0.05, 0) is 13.8 Å². The van der Waals surface area contributed by atoms with Gasteiger partial charge in [0, 0.05) is 13.1 Å². The Morgan fingerprint density at radius 2 is 1.88 bits per heavy atom. The number of hydrogen-bond donors (Lipinski definition) is 1. The summed E-state index contributed by atoms with van der Waals surface area (Å²) in [6, 6.07) is -0.597. The van der Waals surface area contributed by atoms with Gasteiger partial charge in [-0.2, -0.15) is 0 Å². The number of nitrogens with one attached hydrogen (secondary N) is 1. The summed E-state index contributed by atoms with van der Waals surface area (Å²) in [6.45, 7) is 5.11. The average molecular weight is 242 g/mol. The van der Waals surface area contributed by atoms with E-state index in [9.17, 15) is 14.4 Å². The summed E-state index contributed by atoms with van der Waals surface area (Å²) in [7, 11) is 0. The molecule has 1 fully saturated rings. The summed E-state index contributed by atoms with van der Waals surface area (Å²) in [4.78, 5) is 35.6. The fourth-order valence-corrected chi connectivity index (χ4v) is 1.64. The summed E-state index contributed by atoms with van der Waals surface area (Å²) in [6.07, 6.45) is -0.180. The van der Waals surface area contributed by atoms with Crippen LogP contribution < -0.4 is 5.32 Å². The van der Waals surface area contributed by atoms with Gasteiger partial charge in [-0.25, -0.2) is 0 Å². The maximum absolute atomic E-state index is 11.9. The Hall–Kier alpha value is -1.43. The van der Waals surface area contributed by atoms with Crippen LogP contribution in [-0.2, 0) is 19.1 Å². The maximum atomic E-state index is 11.9. The minimum absolute atomic E-state index is 0.134. The Labute approximate surface area is 100 Å². The second kappa shape index (κ2) is 6.34. The molecule has 1 unspecified atom stereocenters. The first-order chi connectivity index (χ1) is 8.00. The van der Waals surface area contributed by atoms with Crippen molar-refractivity contribution < 1.29 is 19.1 Å². The first-order valence-corrected chi connectivity index (χ1v) is 5.66. The van der Waals surface area contributed by atoms with Gasteiger partial charge >= 0.3 is 0 Å². The second-order valence-electron chi connectivity index (χ2n) is 4.11. The van der Waals surface area contributed by atoms with E-state index >= 15 is 0 Å². The van der Waals surface area contributed by atoms with Gasteiger partial charge in [-0.1, -0.05) is 0 Å². The Bertz CT molecular complexity index is 311. The quantitative estimate of drug-likeness (QED) is 0.663. The number of ether oxygens (including phenoxy) is 1. The minimum Gasteiger partial charge on any atom is -0.378 e. The molecule has 1 atom stereocenters. The Balaban J connectivity index is 2.40. The molecule has 1 saturated heterocycles. The van der Waals surface area contributed by atoms with E-state index in [1.807, 2.05) is 0 Å². The highest BCUT2D eigenvalue weighted by atomic mass is 16.5. The van der Waals surface area contributed by atoms with Gasteiger partial charge in [-0.3, -0.25) is 14.4 Å². The standard InChI is InChI=1S/C11H18N2O4/c1-8(14)7-10(15)12-9(2)11(16)13-3-5-17-6-4-13/h9H,3-7H2,1-2H3,(H,12,15). The van der Waals surface area contributed by atoms with Gasteiger partial charge in [0.05, 0.1) is 19.6 Å². The lowest BCUT2D eigenvalue weighted by Crippen LogP contribution is -2.50. The SMILES string of the molecule is CC(=O)CC(=O)NC(C)C(=O)N1CCOCC1. The summed E-state index contributed by atoms with van der Waals surface area (Å²) < 4.78 is 5.14. The number of hydrogen-bond acceptors (Lipinski definition) is 4. The van der Waals surface area contributed by atoms with Crippen molar-refractivity contribution in [1.82, 2.24) is 10.2 Å². The fraction of sp³-hybridized carbons (Fsp3) is 0.727. The number of nitrogens with zero attached hydrogens (tertiary/aromatic N) is 1. The number of amides is 2. The van der Waals surface area contributed by atoms with Crippen molar-refractivity contribution >= 4 is 17.6 Å². The average Bonchev–Trinajstić information content (AvgIpc) is 2.28. The van der Waals surface area contributed by atoms with Crippen LogP contribution in [0.3, 0.4) is 0 Å². The van der Waals surface area contributed by atoms with Gasteiger partial charge in [0.2, 0.25) is 11.8 Å². The number of Topliss-reactive ketones (excluding diaryl/α,β-unsaturated/α-hetero) is 1. The van der Waals surface area contributed by atoms with Crippen LogP contribution in [0.2, 0.25) is 0 Å². The zero-order chi connectivity index (χ0) is 12.8. The minimum atomic E-state index is -0.597. The van der Waals surface area contributed by atoms with Crippen LogP contribution in [0.4, 0.5) is 0 Å². The molecule has 6 nitrogen and oxygen atoms in total. The molecule has 0 aliphatic carbocycles. The maximum Gasteiger partial charge on any atom is 0.245 e. The molecule has 0 aromatic rings. The van der Waals surface area contributed by atoms with Crippen LogP contribution in [0.1, 0.15) is 20.3 Å². The van der Waals surface area contributed by atoms with Crippen molar-refractivity contribution in [3.8, 4) is 0 Å². The van der Waals surface area contributed by atoms with E-state index in [0.29, 0.717) is 26.3 Å². The molecule has 0 aromatic carbocycles. The first-order valence-electron chi connectivity index (χ1n) is 5.66. The molecule has 6 heteroatoms. The molecule has 0 bridgehead atoms. The number of carbonyl (C=O) groups excluding carboxylic acids is 3. The van der Waals surface area contributed by atoms with Crippen molar-refractivity contribution in [2.24, 2.45) is 0 Å². The van der Waals surface area contributed by atoms with E-state index in [-0.39, 0.29) is 18.1 Å². The molecule has 0 aromatic heterocycles. The molecule has 1 aliphatic heterocycles. The van der Waals surface area contributed by atoms with E-state index in [0.717, 1.165) is 0 Å². The Morgan fingerprint density at radius 3 is 2.41 bits per heavy atom. The molecule has 1 heterocycles. The van der Waals surface area contributed by atoms with E-state index in [2.05, 4.69) is 5.32 Å². The largest absolute Gasteiger partial charge is 0.378 e. The molecule has 0 spiro atoms. The number of morpholine rings is 1. The lowest BCUT2D eigenvalue weighted by Gasteiger charge is -2.29. The highest BCUT2D eigenvalue weighted by molar-refractivity contribution is 5.98.